The van der Waals surface area contributed by atoms with Crippen LogP contribution in [0, 0.1) is 0 Å². The summed E-state index contributed by atoms with van der Waals surface area (Å²) in [6.45, 7) is 0. The molecule has 0 saturated carbocycles. The molecule has 94 valence electrons. The van der Waals surface area contributed by atoms with Crippen molar-refractivity contribution in [3.63, 3.8) is 0 Å². The lowest BCUT2D eigenvalue weighted by Crippen LogP contribution is -2.13. The van der Waals surface area contributed by atoms with Crippen molar-refractivity contribution >= 4 is 43.5 Å². The van der Waals surface area contributed by atoms with Gasteiger partial charge in [-0.1, -0.05) is 45.7 Å². The summed E-state index contributed by atoms with van der Waals surface area (Å²) in [6.07, 6.45) is 0.797. The third-order valence-electron chi connectivity index (χ3n) is 2.74. The highest BCUT2D eigenvalue weighted by Crippen LogP contribution is 2.26. The van der Waals surface area contributed by atoms with Gasteiger partial charge in [0.05, 0.1) is 5.02 Å². The van der Waals surface area contributed by atoms with Crippen LogP contribution in [-0.4, -0.2) is 0 Å². The number of benzene rings is 2. The number of hydrogen-bond donors (Lipinski definition) is 1. The number of nitrogens with two attached hydrogens (primary N) is 1. The Labute approximate surface area is 129 Å². The van der Waals surface area contributed by atoms with Gasteiger partial charge < -0.3 is 5.73 Å². The van der Waals surface area contributed by atoms with Gasteiger partial charge in [0.15, 0.2) is 0 Å². The lowest BCUT2D eigenvalue weighted by molar-refractivity contribution is 0.722. The first-order valence-electron chi connectivity index (χ1n) is 5.51. The van der Waals surface area contributed by atoms with E-state index in [-0.39, 0.29) is 6.04 Å². The molecular weight excluding hydrogens is 377 g/mol. The Balaban J connectivity index is 2.13. The smallest absolute Gasteiger partial charge is 0.0551 e. The number of hydrogen-bond acceptors (Lipinski definition) is 1. The normalized spacial score (nSPS) is 12.4. The standard InChI is InChI=1S/C14H12Br2ClN/c15-11-4-1-9(2-5-11)7-14(18)10-3-6-12(16)13(17)8-10/h1-6,8,14H,7,18H2. The summed E-state index contributed by atoms with van der Waals surface area (Å²) in [5.74, 6) is 0. The Morgan fingerprint density at radius 2 is 1.72 bits per heavy atom. The molecule has 0 aromatic heterocycles. The highest BCUT2D eigenvalue weighted by Gasteiger charge is 2.09. The maximum absolute atomic E-state index is 6.20. The van der Waals surface area contributed by atoms with Gasteiger partial charge in [-0.25, -0.2) is 0 Å². The zero-order valence-corrected chi connectivity index (χ0v) is 13.5. The van der Waals surface area contributed by atoms with E-state index in [1.54, 1.807) is 0 Å². The fraction of sp³-hybridized carbons (Fsp3) is 0.143. The first-order chi connectivity index (χ1) is 8.56. The molecule has 0 fully saturated rings. The molecule has 0 aliphatic carbocycles. The summed E-state index contributed by atoms with van der Waals surface area (Å²) < 4.78 is 1.97. The van der Waals surface area contributed by atoms with Crippen molar-refractivity contribution in [2.24, 2.45) is 5.73 Å². The molecule has 4 heteroatoms. The van der Waals surface area contributed by atoms with Crippen LogP contribution in [0.5, 0.6) is 0 Å². The average Bonchev–Trinajstić information content (AvgIpc) is 2.35. The molecule has 1 unspecified atom stereocenters. The number of halogens is 3. The molecule has 1 nitrogen and oxygen atoms in total. The largest absolute Gasteiger partial charge is 0.324 e. The molecule has 0 aliphatic heterocycles. The molecule has 2 aromatic rings. The molecule has 0 bridgehead atoms. The van der Waals surface area contributed by atoms with E-state index in [9.17, 15) is 0 Å². The van der Waals surface area contributed by atoms with Crippen LogP contribution in [-0.2, 0) is 6.42 Å². The minimum absolute atomic E-state index is 0.0447. The zero-order valence-electron chi connectivity index (χ0n) is 9.54. The van der Waals surface area contributed by atoms with Crippen molar-refractivity contribution in [1.82, 2.24) is 0 Å². The topological polar surface area (TPSA) is 26.0 Å². The average molecular weight is 390 g/mol. The molecule has 2 aromatic carbocycles. The van der Waals surface area contributed by atoms with Crippen LogP contribution < -0.4 is 5.73 Å². The first kappa shape index (κ1) is 14.1. The SMILES string of the molecule is NC(Cc1ccc(Br)cc1)c1ccc(Br)c(Cl)c1. The van der Waals surface area contributed by atoms with Crippen LogP contribution in [0.1, 0.15) is 17.2 Å². The molecular formula is C14H12Br2ClN. The maximum atomic E-state index is 6.20. The Morgan fingerprint density at radius 3 is 2.33 bits per heavy atom. The van der Waals surface area contributed by atoms with Gasteiger partial charge in [0.1, 0.15) is 0 Å². The van der Waals surface area contributed by atoms with Crippen LogP contribution in [0.25, 0.3) is 0 Å². The minimum Gasteiger partial charge on any atom is -0.324 e. The van der Waals surface area contributed by atoms with E-state index in [2.05, 4.69) is 44.0 Å². The lowest BCUT2D eigenvalue weighted by atomic mass is 10.00. The van der Waals surface area contributed by atoms with E-state index in [1.807, 2.05) is 30.3 Å². The van der Waals surface area contributed by atoms with Gasteiger partial charge >= 0.3 is 0 Å². The molecule has 0 heterocycles. The Hall–Kier alpha value is -0.350. The van der Waals surface area contributed by atoms with Crippen molar-refractivity contribution in [3.8, 4) is 0 Å². The number of rotatable bonds is 3. The third-order valence-corrected chi connectivity index (χ3v) is 4.50. The highest BCUT2D eigenvalue weighted by atomic mass is 79.9. The second kappa shape index (κ2) is 6.20. The molecule has 2 N–H and O–H groups in total. The van der Waals surface area contributed by atoms with Crippen molar-refractivity contribution in [2.75, 3.05) is 0 Å². The van der Waals surface area contributed by atoms with Crippen LogP contribution >= 0.6 is 43.5 Å². The molecule has 0 spiro atoms. The molecule has 0 aliphatic rings. The first-order valence-corrected chi connectivity index (χ1v) is 7.47. The Morgan fingerprint density at radius 1 is 1.06 bits per heavy atom. The van der Waals surface area contributed by atoms with Crippen LogP contribution in [0.3, 0.4) is 0 Å². The predicted molar refractivity (Wildman–Crippen MR) is 83.9 cm³/mol. The van der Waals surface area contributed by atoms with E-state index >= 15 is 0 Å². The summed E-state index contributed by atoms with van der Waals surface area (Å²) in [5, 5.41) is 0.693. The molecule has 0 saturated heterocycles. The molecule has 0 amide bonds. The molecule has 0 radical (unpaired) electrons. The summed E-state index contributed by atoms with van der Waals surface area (Å²) in [6, 6.07) is 14.0. The minimum atomic E-state index is -0.0447. The van der Waals surface area contributed by atoms with E-state index in [1.165, 1.54) is 5.56 Å². The second-order valence-corrected chi connectivity index (χ2v) is 6.29. The Kier molecular flexibility index (Phi) is 4.84. The van der Waals surface area contributed by atoms with Gasteiger partial charge in [-0.05, 0) is 57.7 Å². The Bertz CT molecular complexity index is 540. The van der Waals surface area contributed by atoms with Crippen LogP contribution in [0.2, 0.25) is 5.02 Å². The zero-order chi connectivity index (χ0) is 13.1. The van der Waals surface area contributed by atoms with Crippen LogP contribution in [0.4, 0.5) is 0 Å². The predicted octanol–water partition coefficient (Wildman–Crippen LogP) is 5.11. The van der Waals surface area contributed by atoms with Gasteiger partial charge in [0.2, 0.25) is 0 Å². The highest BCUT2D eigenvalue weighted by molar-refractivity contribution is 9.10. The summed E-state index contributed by atoms with van der Waals surface area (Å²) in [4.78, 5) is 0. The van der Waals surface area contributed by atoms with E-state index in [0.717, 1.165) is 20.9 Å². The molecule has 1 atom stereocenters. The van der Waals surface area contributed by atoms with Gasteiger partial charge in [0, 0.05) is 15.0 Å². The van der Waals surface area contributed by atoms with Crippen LogP contribution in [0.15, 0.2) is 51.4 Å². The van der Waals surface area contributed by atoms with Crippen molar-refractivity contribution < 1.29 is 0 Å². The monoisotopic (exact) mass is 387 g/mol. The fourth-order valence-corrected chi connectivity index (χ4v) is 2.44. The van der Waals surface area contributed by atoms with Crippen molar-refractivity contribution in [2.45, 2.75) is 12.5 Å². The van der Waals surface area contributed by atoms with Gasteiger partial charge in [0.25, 0.3) is 0 Å². The van der Waals surface area contributed by atoms with Gasteiger partial charge in [-0.3, -0.25) is 0 Å². The summed E-state index contributed by atoms with van der Waals surface area (Å²) in [5.41, 5.74) is 8.46. The van der Waals surface area contributed by atoms with Crippen molar-refractivity contribution in [1.29, 1.82) is 0 Å². The fourth-order valence-electron chi connectivity index (χ4n) is 1.74. The second-order valence-electron chi connectivity index (χ2n) is 4.11. The molecule has 2 rings (SSSR count). The summed E-state index contributed by atoms with van der Waals surface area (Å²) in [7, 11) is 0. The quantitative estimate of drug-likeness (QED) is 0.776. The summed E-state index contributed by atoms with van der Waals surface area (Å²) >= 11 is 12.9. The van der Waals surface area contributed by atoms with E-state index in [4.69, 9.17) is 17.3 Å². The van der Waals surface area contributed by atoms with E-state index in [0.29, 0.717) is 5.02 Å². The maximum Gasteiger partial charge on any atom is 0.0551 e. The van der Waals surface area contributed by atoms with E-state index < -0.39 is 0 Å². The molecule has 18 heavy (non-hydrogen) atoms. The van der Waals surface area contributed by atoms with Gasteiger partial charge in [-0.15, -0.1) is 0 Å². The third kappa shape index (κ3) is 3.58. The lowest BCUT2D eigenvalue weighted by Gasteiger charge is -2.13. The van der Waals surface area contributed by atoms with Gasteiger partial charge in [-0.2, -0.15) is 0 Å². The van der Waals surface area contributed by atoms with Crippen molar-refractivity contribution in [3.05, 3.63) is 67.6 Å².